The van der Waals surface area contributed by atoms with Crippen LogP contribution in [0.1, 0.15) is 35.4 Å². The number of carbonyl (C=O) groups excluding carboxylic acids is 1. The van der Waals surface area contributed by atoms with E-state index >= 15 is 0 Å². The van der Waals surface area contributed by atoms with Gasteiger partial charge in [-0.15, -0.1) is 11.3 Å². The maximum atomic E-state index is 12.5. The van der Waals surface area contributed by atoms with Gasteiger partial charge < -0.3 is 5.32 Å². The van der Waals surface area contributed by atoms with Crippen LogP contribution < -0.4 is 5.32 Å². The van der Waals surface area contributed by atoms with Crippen LogP contribution in [0.2, 0.25) is 0 Å². The molecule has 0 saturated carbocycles. The molecule has 0 aliphatic rings. The first-order valence-corrected chi connectivity index (χ1v) is 9.39. The SMILES string of the molecule is CCC(C(=O)NCc1ccc(-c2csc(C)n2)cc1)c1ccccc1. The molecular weight excluding hydrogens is 328 g/mol. The summed E-state index contributed by atoms with van der Waals surface area (Å²) in [4.78, 5) is 17.0. The van der Waals surface area contributed by atoms with Crippen LogP contribution in [0.4, 0.5) is 0 Å². The summed E-state index contributed by atoms with van der Waals surface area (Å²) >= 11 is 1.65. The minimum atomic E-state index is -0.0987. The lowest BCUT2D eigenvalue weighted by atomic mass is 9.95. The van der Waals surface area contributed by atoms with Crippen molar-refractivity contribution in [2.45, 2.75) is 32.7 Å². The van der Waals surface area contributed by atoms with Crippen LogP contribution in [0.3, 0.4) is 0 Å². The smallest absolute Gasteiger partial charge is 0.227 e. The van der Waals surface area contributed by atoms with Gasteiger partial charge in [0.2, 0.25) is 5.91 Å². The maximum Gasteiger partial charge on any atom is 0.227 e. The first-order valence-electron chi connectivity index (χ1n) is 8.51. The molecule has 0 bridgehead atoms. The number of benzene rings is 2. The zero-order valence-corrected chi connectivity index (χ0v) is 15.3. The highest BCUT2D eigenvalue weighted by Gasteiger charge is 2.17. The zero-order valence-electron chi connectivity index (χ0n) is 14.5. The summed E-state index contributed by atoms with van der Waals surface area (Å²) in [5.74, 6) is -0.0219. The zero-order chi connectivity index (χ0) is 17.6. The number of aryl methyl sites for hydroxylation is 1. The van der Waals surface area contributed by atoms with Crippen molar-refractivity contribution < 1.29 is 4.79 Å². The molecule has 3 aromatic rings. The lowest BCUT2D eigenvalue weighted by Crippen LogP contribution is -2.28. The molecule has 1 aromatic heterocycles. The standard InChI is InChI=1S/C21H22N2OS/c1-3-19(17-7-5-4-6-8-17)21(24)22-13-16-9-11-18(12-10-16)20-14-25-15(2)23-20/h4-12,14,19H,3,13H2,1-2H3,(H,22,24). The summed E-state index contributed by atoms with van der Waals surface area (Å²) in [6.45, 7) is 4.59. The van der Waals surface area contributed by atoms with Crippen LogP contribution in [-0.2, 0) is 11.3 Å². The molecule has 1 heterocycles. The van der Waals surface area contributed by atoms with Crippen LogP contribution >= 0.6 is 11.3 Å². The summed E-state index contributed by atoms with van der Waals surface area (Å²) in [6.07, 6.45) is 0.790. The second-order valence-corrected chi connectivity index (χ2v) is 7.10. The molecule has 0 spiro atoms. The number of nitrogens with one attached hydrogen (secondary N) is 1. The Morgan fingerprint density at radius 1 is 1.12 bits per heavy atom. The van der Waals surface area contributed by atoms with Crippen molar-refractivity contribution in [1.29, 1.82) is 0 Å². The lowest BCUT2D eigenvalue weighted by molar-refractivity contribution is -0.122. The number of nitrogens with zero attached hydrogens (tertiary/aromatic N) is 1. The van der Waals surface area contributed by atoms with Gasteiger partial charge in [-0.2, -0.15) is 0 Å². The van der Waals surface area contributed by atoms with Crippen LogP contribution in [0.25, 0.3) is 11.3 Å². The largest absolute Gasteiger partial charge is 0.351 e. The fraction of sp³-hybridized carbons (Fsp3) is 0.238. The second-order valence-electron chi connectivity index (χ2n) is 6.04. The summed E-state index contributed by atoms with van der Waals surface area (Å²) in [7, 11) is 0. The minimum Gasteiger partial charge on any atom is -0.351 e. The molecule has 0 aliphatic carbocycles. The van der Waals surface area contributed by atoms with Gasteiger partial charge in [0, 0.05) is 17.5 Å². The van der Waals surface area contributed by atoms with Crippen molar-refractivity contribution >= 4 is 17.2 Å². The first kappa shape index (κ1) is 17.4. The Balaban J connectivity index is 1.62. The first-order chi connectivity index (χ1) is 12.2. The molecule has 3 nitrogen and oxygen atoms in total. The average molecular weight is 350 g/mol. The van der Waals surface area contributed by atoms with E-state index in [1.54, 1.807) is 11.3 Å². The number of thiazole rings is 1. The second kappa shape index (κ2) is 8.08. The Morgan fingerprint density at radius 3 is 2.44 bits per heavy atom. The fourth-order valence-corrected chi connectivity index (χ4v) is 3.48. The normalized spacial score (nSPS) is 11.9. The van der Waals surface area contributed by atoms with Crippen molar-refractivity contribution in [3.8, 4) is 11.3 Å². The molecule has 4 heteroatoms. The molecule has 1 unspecified atom stereocenters. The average Bonchev–Trinajstić information content (AvgIpc) is 3.08. The van der Waals surface area contributed by atoms with Crippen molar-refractivity contribution in [3.63, 3.8) is 0 Å². The van der Waals surface area contributed by atoms with Crippen LogP contribution in [0, 0.1) is 6.92 Å². The highest BCUT2D eigenvalue weighted by atomic mass is 32.1. The van der Waals surface area contributed by atoms with Gasteiger partial charge in [-0.1, -0.05) is 61.5 Å². The highest BCUT2D eigenvalue weighted by Crippen LogP contribution is 2.22. The molecule has 3 rings (SSSR count). The summed E-state index contributed by atoms with van der Waals surface area (Å²) in [5.41, 5.74) is 4.27. The Kier molecular flexibility index (Phi) is 5.61. The van der Waals surface area contributed by atoms with Gasteiger partial charge in [0.25, 0.3) is 0 Å². The van der Waals surface area contributed by atoms with E-state index in [1.165, 1.54) is 0 Å². The van der Waals surface area contributed by atoms with E-state index in [2.05, 4.69) is 27.8 Å². The van der Waals surface area contributed by atoms with E-state index in [1.807, 2.05) is 56.3 Å². The van der Waals surface area contributed by atoms with E-state index in [0.717, 1.165) is 33.8 Å². The fourth-order valence-electron chi connectivity index (χ4n) is 2.86. The molecule has 2 aromatic carbocycles. The molecule has 0 aliphatic heterocycles. The van der Waals surface area contributed by atoms with Crippen molar-refractivity contribution in [2.24, 2.45) is 0 Å². The number of hydrogen-bond donors (Lipinski definition) is 1. The molecule has 0 fully saturated rings. The van der Waals surface area contributed by atoms with E-state index in [9.17, 15) is 4.79 Å². The molecule has 128 valence electrons. The summed E-state index contributed by atoms with van der Waals surface area (Å²) < 4.78 is 0. The van der Waals surface area contributed by atoms with Gasteiger partial charge in [-0.25, -0.2) is 4.98 Å². The molecular formula is C21H22N2OS. The van der Waals surface area contributed by atoms with Gasteiger partial charge in [0.05, 0.1) is 16.6 Å². The number of amides is 1. The molecule has 1 N–H and O–H groups in total. The van der Waals surface area contributed by atoms with Gasteiger partial charge in [0.15, 0.2) is 0 Å². The van der Waals surface area contributed by atoms with Gasteiger partial charge in [-0.3, -0.25) is 4.79 Å². The minimum absolute atomic E-state index is 0.0768. The Hall–Kier alpha value is -2.46. The van der Waals surface area contributed by atoms with Crippen LogP contribution in [0.5, 0.6) is 0 Å². The third kappa shape index (κ3) is 4.34. The Labute approximate surface area is 152 Å². The Bertz CT molecular complexity index is 825. The monoisotopic (exact) mass is 350 g/mol. The third-order valence-corrected chi connectivity index (χ3v) is 5.04. The molecule has 1 atom stereocenters. The lowest BCUT2D eigenvalue weighted by Gasteiger charge is -2.15. The van der Waals surface area contributed by atoms with E-state index in [-0.39, 0.29) is 11.8 Å². The van der Waals surface area contributed by atoms with Crippen LogP contribution in [-0.4, -0.2) is 10.9 Å². The molecule has 0 saturated heterocycles. The molecule has 1 amide bonds. The maximum absolute atomic E-state index is 12.5. The van der Waals surface area contributed by atoms with E-state index in [0.29, 0.717) is 6.54 Å². The van der Waals surface area contributed by atoms with E-state index < -0.39 is 0 Å². The number of hydrogen-bond acceptors (Lipinski definition) is 3. The predicted molar refractivity (Wildman–Crippen MR) is 104 cm³/mol. The van der Waals surface area contributed by atoms with E-state index in [4.69, 9.17) is 0 Å². The summed E-state index contributed by atoms with van der Waals surface area (Å²) in [5, 5.41) is 6.19. The summed E-state index contributed by atoms with van der Waals surface area (Å²) in [6, 6.07) is 18.2. The molecule has 0 radical (unpaired) electrons. The van der Waals surface area contributed by atoms with Gasteiger partial charge in [0.1, 0.15) is 0 Å². The third-order valence-electron chi connectivity index (χ3n) is 4.26. The van der Waals surface area contributed by atoms with Crippen molar-refractivity contribution in [1.82, 2.24) is 10.3 Å². The van der Waals surface area contributed by atoms with Crippen molar-refractivity contribution in [2.75, 3.05) is 0 Å². The van der Waals surface area contributed by atoms with Crippen LogP contribution in [0.15, 0.2) is 60.0 Å². The van der Waals surface area contributed by atoms with Crippen molar-refractivity contribution in [3.05, 3.63) is 76.1 Å². The topological polar surface area (TPSA) is 42.0 Å². The van der Waals surface area contributed by atoms with Gasteiger partial charge >= 0.3 is 0 Å². The number of rotatable bonds is 6. The predicted octanol–water partition coefficient (Wildman–Crippen LogP) is 4.93. The number of carbonyl (C=O) groups is 1. The number of aromatic nitrogens is 1. The highest BCUT2D eigenvalue weighted by molar-refractivity contribution is 7.09. The Morgan fingerprint density at radius 2 is 1.84 bits per heavy atom. The molecule has 25 heavy (non-hydrogen) atoms. The van der Waals surface area contributed by atoms with Gasteiger partial charge in [-0.05, 0) is 24.5 Å². The quantitative estimate of drug-likeness (QED) is 0.685.